The van der Waals surface area contributed by atoms with Gasteiger partial charge in [0.2, 0.25) is 5.91 Å². The number of esters is 1. The van der Waals surface area contributed by atoms with Gasteiger partial charge in [-0.15, -0.1) is 0 Å². The maximum absolute atomic E-state index is 12.7. The van der Waals surface area contributed by atoms with Crippen molar-refractivity contribution in [2.45, 2.75) is 63.3 Å². The Kier molecular flexibility index (Phi) is 5.17. The van der Waals surface area contributed by atoms with Crippen LogP contribution in [-0.4, -0.2) is 53.1 Å². The first kappa shape index (κ1) is 18.9. The van der Waals surface area contributed by atoms with E-state index in [1.54, 1.807) is 6.08 Å². The van der Waals surface area contributed by atoms with Crippen LogP contribution in [0.2, 0.25) is 0 Å². The molecule has 0 saturated carbocycles. The maximum Gasteiger partial charge on any atom is 0.332 e. The molecule has 0 radical (unpaired) electrons. The predicted molar refractivity (Wildman–Crippen MR) is 111 cm³/mol. The Morgan fingerprint density at radius 1 is 1.07 bits per heavy atom. The van der Waals surface area contributed by atoms with Crippen molar-refractivity contribution in [2.24, 2.45) is 11.8 Å². The van der Waals surface area contributed by atoms with Gasteiger partial charge in [0.15, 0.2) is 6.23 Å². The molecule has 0 spiro atoms. The van der Waals surface area contributed by atoms with Gasteiger partial charge in [-0.1, -0.05) is 36.8 Å². The van der Waals surface area contributed by atoms with E-state index in [1.165, 1.54) is 6.42 Å². The highest BCUT2D eigenvalue weighted by Gasteiger charge is 2.54. The Morgan fingerprint density at radius 2 is 1.90 bits per heavy atom. The molecule has 4 aliphatic heterocycles. The summed E-state index contributed by atoms with van der Waals surface area (Å²) in [6.45, 7) is 1.90. The topological polar surface area (TPSA) is 49.9 Å². The van der Waals surface area contributed by atoms with Crippen LogP contribution in [-0.2, 0) is 14.3 Å². The van der Waals surface area contributed by atoms with Crippen molar-refractivity contribution in [3.8, 4) is 0 Å². The van der Waals surface area contributed by atoms with Crippen LogP contribution in [0.25, 0.3) is 6.08 Å². The number of amides is 1. The summed E-state index contributed by atoms with van der Waals surface area (Å²) in [6, 6.07) is 10.5. The van der Waals surface area contributed by atoms with Gasteiger partial charge in [0.1, 0.15) is 0 Å². The van der Waals surface area contributed by atoms with E-state index in [-0.39, 0.29) is 24.2 Å². The fraction of sp³-hybridized carbons (Fsp3) is 0.583. The van der Waals surface area contributed by atoms with Gasteiger partial charge in [-0.05, 0) is 49.7 Å². The highest BCUT2D eigenvalue weighted by molar-refractivity contribution is 5.87. The average Bonchev–Trinajstić information content (AvgIpc) is 2.76. The highest BCUT2D eigenvalue weighted by Crippen LogP contribution is 2.46. The summed E-state index contributed by atoms with van der Waals surface area (Å²) in [5, 5.41) is 0. The minimum Gasteiger partial charge on any atom is -0.443 e. The van der Waals surface area contributed by atoms with Gasteiger partial charge >= 0.3 is 5.97 Å². The number of ether oxygens (including phenoxy) is 1. The first-order valence-corrected chi connectivity index (χ1v) is 11.2. The van der Waals surface area contributed by atoms with Crippen LogP contribution in [0.3, 0.4) is 0 Å². The number of nitrogens with zero attached hydrogens (tertiary/aromatic N) is 2. The SMILES string of the molecule is O=C(/C=C/c1ccccc1)OC1C2CC(CN3C(=O)CCC[C@H]23)[C@@H]2CCCCN12. The minimum absolute atomic E-state index is 0.205. The molecular weight excluding hydrogens is 364 g/mol. The third-order valence-electron chi connectivity index (χ3n) is 7.39. The third kappa shape index (κ3) is 3.61. The lowest BCUT2D eigenvalue weighted by atomic mass is 9.70. The Labute approximate surface area is 172 Å². The van der Waals surface area contributed by atoms with Gasteiger partial charge in [-0.25, -0.2) is 4.79 Å². The van der Waals surface area contributed by atoms with Crippen molar-refractivity contribution in [1.82, 2.24) is 9.80 Å². The van der Waals surface area contributed by atoms with E-state index in [4.69, 9.17) is 4.74 Å². The van der Waals surface area contributed by atoms with Crippen molar-refractivity contribution in [1.29, 1.82) is 0 Å². The zero-order valence-corrected chi connectivity index (χ0v) is 16.9. The van der Waals surface area contributed by atoms with E-state index in [0.717, 1.165) is 50.8 Å². The number of benzene rings is 1. The van der Waals surface area contributed by atoms with Gasteiger partial charge in [-0.2, -0.15) is 0 Å². The molecule has 4 aliphatic rings. The molecule has 4 saturated heterocycles. The van der Waals surface area contributed by atoms with E-state index in [9.17, 15) is 9.59 Å². The van der Waals surface area contributed by atoms with Gasteiger partial charge in [0.05, 0.1) is 0 Å². The lowest BCUT2D eigenvalue weighted by Crippen LogP contribution is -2.68. The van der Waals surface area contributed by atoms with Gasteiger partial charge < -0.3 is 9.64 Å². The lowest BCUT2D eigenvalue weighted by molar-refractivity contribution is -0.203. The zero-order valence-electron chi connectivity index (χ0n) is 16.9. The quantitative estimate of drug-likeness (QED) is 0.582. The van der Waals surface area contributed by atoms with Crippen molar-refractivity contribution >= 4 is 18.0 Å². The molecule has 5 heteroatoms. The van der Waals surface area contributed by atoms with E-state index in [2.05, 4.69) is 9.80 Å². The summed E-state index contributed by atoms with van der Waals surface area (Å²) in [4.78, 5) is 29.9. The molecule has 29 heavy (non-hydrogen) atoms. The molecule has 4 heterocycles. The lowest BCUT2D eigenvalue weighted by Gasteiger charge is -2.59. The number of carbonyl (C=O) groups excluding carboxylic acids is 2. The molecule has 5 rings (SSSR count). The van der Waals surface area contributed by atoms with Gasteiger partial charge in [-0.3, -0.25) is 9.69 Å². The van der Waals surface area contributed by atoms with Crippen LogP contribution in [0.5, 0.6) is 0 Å². The maximum atomic E-state index is 12.7. The minimum atomic E-state index is -0.277. The van der Waals surface area contributed by atoms with Crippen molar-refractivity contribution in [3.05, 3.63) is 42.0 Å². The second kappa shape index (κ2) is 7.94. The Balaban J connectivity index is 1.38. The fourth-order valence-corrected chi connectivity index (χ4v) is 6.14. The van der Waals surface area contributed by atoms with Gasteiger partial charge in [0.25, 0.3) is 0 Å². The summed E-state index contributed by atoms with van der Waals surface area (Å²) < 4.78 is 6.11. The monoisotopic (exact) mass is 394 g/mol. The predicted octanol–water partition coefficient (Wildman–Crippen LogP) is 3.45. The number of rotatable bonds is 3. The molecule has 5 atom stereocenters. The van der Waals surface area contributed by atoms with Crippen LogP contribution in [0.15, 0.2) is 36.4 Å². The normalized spacial score (nSPS) is 34.6. The number of hydrogen-bond acceptors (Lipinski definition) is 4. The molecule has 4 fully saturated rings. The Hall–Kier alpha value is -2.14. The van der Waals surface area contributed by atoms with Crippen LogP contribution < -0.4 is 0 Å². The molecule has 0 aliphatic carbocycles. The molecule has 2 bridgehead atoms. The van der Waals surface area contributed by atoms with E-state index in [0.29, 0.717) is 24.3 Å². The molecule has 1 amide bonds. The number of hydrogen-bond donors (Lipinski definition) is 0. The van der Waals surface area contributed by atoms with Crippen molar-refractivity contribution < 1.29 is 14.3 Å². The molecule has 0 N–H and O–H groups in total. The third-order valence-corrected chi connectivity index (χ3v) is 7.39. The number of piperidine rings is 4. The summed E-state index contributed by atoms with van der Waals surface area (Å²) in [6.07, 6.45) is 10.5. The summed E-state index contributed by atoms with van der Waals surface area (Å²) in [5.41, 5.74) is 0.991. The summed E-state index contributed by atoms with van der Waals surface area (Å²) in [5.74, 6) is 0.782. The second-order valence-electron chi connectivity index (χ2n) is 9.04. The smallest absolute Gasteiger partial charge is 0.332 e. The molecule has 0 aromatic heterocycles. The first-order valence-electron chi connectivity index (χ1n) is 11.2. The van der Waals surface area contributed by atoms with Crippen LogP contribution in [0.1, 0.15) is 50.5 Å². The van der Waals surface area contributed by atoms with Gasteiger partial charge in [0, 0.05) is 43.6 Å². The number of fused-ring (bicyclic) bond motifs is 6. The van der Waals surface area contributed by atoms with Crippen molar-refractivity contribution in [3.63, 3.8) is 0 Å². The molecule has 1 aromatic rings. The van der Waals surface area contributed by atoms with Crippen LogP contribution >= 0.6 is 0 Å². The highest BCUT2D eigenvalue weighted by atomic mass is 16.6. The molecule has 3 unspecified atom stereocenters. The van der Waals surface area contributed by atoms with E-state index >= 15 is 0 Å². The van der Waals surface area contributed by atoms with E-state index < -0.39 is 0 Å². The standard InChI is InChI=1S/C24H30N2O3/c27-22-11-6-10-21-19-15-18(16-26(21)22)20-9-4-5-14-25(20)24(19)29-23(28)13-12-17-7-2-1-3-8-17/h1-3,7-8,12-13,18-21,24H,4-6,9-11,14-16H2/b13-12+/t18?,19?,20-,21+,24?/m0/s1. The molecule has 1 aromatic carbocycles. The van der Waals surface area contributed by atoms with E-state index in [1.807, 2.05) is 36.4 Å². The average molecular weight is 395 g/mol. The summed E-state index contributed by atoms with van der Waals surface area (Å²) >= 11 is 0. The Morgan fingerprint density at radius 3 is 2.76 bits per heavy atom. The largest absolute Gasteiger partial charge is 0.443 e. The molecule has 5 nitrogen and oxygen atoms in total. The number of carbonyl (C=O) groups is 2. The first-order chi connectivity index (χ1) is 14.2. The fourth-order valence-electron chi connectivity index (χ4n) is 6.14. The van der Waals surface area contributed by atoms with Crippen LogP contribution in [0.4, 0.5) is 0 Å². The zero-order chi connectivity index (χ0) is 19.8. The van der Waals surface area contributed by atoms with Crippen LogP contribution in [0, 0.1) is 11.8 Å². The summed E-state index contributed by atoms with van der Waals surface area (Å²) in [7, 11) is 0. The second-order valence-corrected chi connectivity index (χ2v) is 9.04. The Bertz CT molecular complexity index is 793. The van der Waals surface area contributed by atoms with Crippen molar-refractivity contribution in [2.75, 3.05) is 13.1 Å². The molecular formula is C24H30N2O3. The molecule has 154 valence electrons.